The molecule has 27 heavy (non-hydrogen) atoms. The van der Waals surface area contributed by atoms with Gasteiger partial charge in [0.15, 0.2) is 0 Å². The summed E-state index contributed by atoms with van der Waals surface area (Å²) in [7, 11) is 0. The van der Waals surface area contributed by atoms with Crippen molar-refractivity contribution < 1.29 is 18.7 Å². The third-order valence-corrected chi connectivity index (χ3v) is 4.19. The monoisotopic (exact) mass is 396 g/mol. The lowest BCUT2D eigenvalue weighted by atomic mass is 10.0. The van der Waals surface area contributed by atoms with Crippen LogP contribution in [-0.2, 0) is 4.79 Å². The van der Waals surface area contributed by atoms with E-state index < -0.39 is 12.2 Å². The van der Waals surface area contributed by atoms with E-state index in [1.54, 1.807) is 49.2 Å². The van der Waals surface area contributed by atoms with E-state index in [0.717, 1.165) is 11.8 Å². The normalized spacial score (nSPS) is 15.5. The third kappa shape index (κ3) is 4.28. The molecule has 3 rings (SSSR count). The van der Waals surface area contributed by atoms with Gasteiger partial charge in [0, 0.05) is 11.4 Å². The highest BCUT2D eigenvalue weighted by Crippen LogP contribution is 2.32. The second-order valence-electron chi connectivity index (χ2n) is 6.83. The van der Waals surface area contributed by atoms with Gasteiger partial charge in [-0.1, -0.05) is 23.7 Å². The Morgan fingerprint density at radius 1 is 1.30 bits per heavy atom. The highest BCUT2D eigenvalue weighted by molar-refractivity contribution is 6.30. The fourth-order valence-corrected chi connectivity index (χ4v) is 2.98. The molecule has 1 aromatic heterocycles. The lowest BCUT2D eigenvalue weighted by Crippen LogP contribution is -2.52. The molecular weight excluding hydrogens is 378 g/mol. The van der Waals surface area contributed by atoms with Crippen LogP contribution in [0.5, 0.6) is 0 Å². The second-order valence-corrected chi connectivity index (χ2v) is 7.27. The molecule has 0 spiro atoms. The molecule has 0 aliphatic carbocycles. The number of hydrogen-bond acceptors (Lipinski definition) is 4. The minimum atomic E-state index is -2.81. The third-order valence-electron chi connectivity index (χ3n) is 3.93. The Labute approximate surface area is 160 Å². The molecule has 0 unspecified atom stereocenters. The van der Waals surface area contributed by atoms with Gasteiger partial charge < -0.3 is 5.11 Å². The minimum Gasteiger partial charge on any atom is -0.389 e. The molecule has 0 fully saturated rings. The van der Waals surface area contributed by atoms with Crippen LogP contribution in [0.15, 0.2) is 42.7 Å². The number of aromatic nitrogens is 2. The highest BCUT2D eigenvalue weighted by atomic mass is 35.5. The molecule has 9 heteroatoms. The Kier molecular flexibility index (Phi) is 5.21. The van der Waals surface area contributed by atoms with E-state index in [0.29, 0.717) is 15.4 Å². The number of carbonyl (C=O) groups excluding carboxylic acids is 1. The fraction of sp³-hybridized carbons (Fsp3) is 0.333. The van der Waals surface area contributed by atoms with Gasteiger partial charge in [0.2, 0.25) is 5.91 Å². The number of hydrogen-bond donors (Lipinski definition) is 1. The quantitative estimate of drug-likeness (QED) is 0.837. The molecule has 6 nitrogen and oxygen atoms in total. The summed E-state index contributed by atoms with van der Waals surface area (Å²) in [6, 6.07) is 7.02. The number of amides is 1. The lowest BCUT2D eigenvalue weighted by Gasteiger charge is -2.42. The number of rotatable bonds is 5. The van der Waals surface area contributed by atoms with E-state index >= 15 is 0 Å². The summed E-state index contributed by atoms with van der Waals surface area (Å²) in [6.07, 6.45) is 4.13. The topological polar surface area (TPSA) is 61.6 Å². The van der Waals surface area contributed by atoms with Gasteiger partial charge in [-0.15, -0.1) is 0 Å². The van der Waals surface area contributed by atoms with Crippen LogP contribution in [0.1, 0.15) is 32.4 Å². The number of carbonyl (C=O) groups is 1. The standard InChI is InChI=1S/C18H19ClF2N4O2/c1-18(2,27)11-24-15(12-3-5-13(19)6-4-12)7-8-16(26)25(24)14-9-22-23(10-14)17(20)21/h3-7,9-10,17,27H,8,11H2,1-2H3. The van der Waals surface area contributed by atoms with E-state index in [2.05, 4.69) is 5.10 Å². The molecule has 2 aromatic rings. The largest absolute Gasteiger partial charge is 0.389 e. The Hall–Kier alpha value is -2.45. The molecule has 0 saturated heterocycles. The van der Waals surface area contributed by atoms with Crippen molar-refractivity contribution in [1.82, 2.24) is 14.8 Å². The molecule has 0 saturated carbocycles. The maximum Gasteiger partial charge on any atom is 0.333 e. The first-order valence-electron chi connectivity index (χ1n) is 8.27. The van der Waals surface area contributed by atoms with E-state index in [-0.39, 0.29) is 24.6 Å². The maximum absolute atomic E-state index is 12.9. The second kappa shape index (κ2) is 7.28. The first-order valence-corrected chi connectivity index (χ1v) is 8.65. The number of aliphatic hydroxyl groups is 1. The smallest absolute Gasteiger partial charge is 0.333 e. The zero-order valence-electron chi connectivity index (χ0n) is 14.8. The summed E-state index contributed by atoms with van der Waals surface area (Å²) in [5.41, 5.74) is 0.491. The summed E-state index contributed by atoms with van der Waals surface area (Å²) in [5.74, 6) is -0.314. The van der Waals surface area contributed by atoms with Crippen molar-refractivity contribution in [3.63, 3.8) is 0 Å². The fourth-order valence-electron chi connectivity index (χ4n) is 2.86. The van der Waals surface area contributed by atoms with Crippen LogP contribution in [0.3, 0.4) is 0 Å². The number of halogens is 3. The molecule has 1 amide bonds. The van der Waals surface area contributed by atoms with Crippen molar-refractivity contribution >= 4 is 28.9 Å². The van der Waals surface area contributed by atoms with Crippen molar-refractivity contribution in [2.75, 3.05) is 11.6 Å². The molecule has 0 bridgehead atoms. The zero-order chi connectivity index (χ0) is 19.8. The van der Waals surface area contributed by atoms with E-state index in [1.807, 2.05) is 0 Å². The summed E-state index contributed by atoms with van der Waals surface area (Å²) in [6.45, 7) is 0.457. The van der Waals surface area contributed by atoms with Gasteiger partial charge in [0.1, 0.15) is 5.69 Å². The number of hydrazine groups is 1. The number of anilines is 1. The van der Waals surface area contributed by atoms with Gasteiger partial charge in [-0.05, 0) is 37.6 Å². The average Bonchev–Trinajstić information content (AvgIpc) is 3.05. The van der Waals surface area contributed by atoms with E-state index in [4.69, 9.17) is 11.6 Å². The van der Waals surface area contributed by atoms with Gasteiger partial charge in [0.05, 0.1) is 30.2 Å². The number of β-amino-alcohol motifs (C(OH)–C–C–N with tert-alkyl or cyclic N) is 1. The van der Waals surface area contributed by atoms with Crippen molar-refractivity contribution in [3.05, 3.63) is 53.3 Å². The minimum absolute atomic E-state index is 0.0626. The van der Waals surface area contributed by atoms with Gasteiger partial charge in [0.25, 0.3) is 0 Å². The van der Waals surface area contributed by atoms with Crippen molar-refractivity contribution in [2.45, 2.75) is 32.4 Å². The Bertz CT molecular complexity index is 859. The molecule has 144 valence electrons. The van der Waals surface area contributed by atoms with Crippen LogP contribution in [-0.4, -0.2) is 37.9 Å². The van der Waals surface area contributed by atoms with Gasteiger partial charge in [-0.3, -0.25) is 9.80 Å². The van der Waals surface area contributed by atoms with Crippen LogP contribution in [0.2, 0.25) is 5.02 Å². The first-order chi connectivity index (χ1) is 12.7. The van der Waals surface area contributed by atoms with Gasteiger partial charge >= 0.3 is 6.55 Å². The molecule has 1 aliphatic rings. The van der Waals surface area contributed by atoms with Gasteiger partial charge in [-0.25, -0.2) is 9.69 Å². The predicted molar refractivity (Wildman–Crippen MR) is 98.0 cm³/mol. The molecule has 0 radical (unpaired) electrons. The van der Waals surface area contributed by atoms with E-state index in [1.165, 1.54) is 11.2 Å². The molecule has 1 aliphatic heterocycles. The van der Waals surface area contributed by atoms with Crippen LogP contribution in [0, 0.1) is 0 Å². The summed E-state index contributed by atoms with van der Waals surface area (Å²) >= 11 is 5.95. The SMILES string of the molecule is CC(C)(O)CN1C(c2ccc(Cl)cc2)=CCC(=O)N1c1cnn(C(F)F)c1. The zero-order valence-corrected chi connectivity index (χ0v) is 15.6. The molecule has 0 atom stereocenters. The Morgan fingerprint density at radius 2 is 1.96 bits per heavy atom. The average molecular weight is 397 g/mol. The van der Waals surface area contributed by atoms with Crippen molar-refractivity contribution in [1.29, 1.82) is 0 Å². The van der Waals surface area contributed by atoms with Crippen LogP contribution < -0.4 is 5.01 Å². The lowest BCUT2D eigenvalue weighted by molar-refractivity contribution is -0.121. The molecule has 1 aromatic carbocycles. The number of alkyl halides is 2. The predicted octanol–water partition coefficient (Wildman–Crippen LogP) is 3.70. The molecular formula is C18H19ClF2N4O2. The van der Waals surface area contributed by atoms with Crippen LogP contribution >= 0.6 is 11.6 Å². The Balaban J connectivity index is 2.05. The van der Waals surface area contributed by atoms with E-state index in [9.17, 15) is 18.7 Å². The Morgan fingerprint density at radius 3 is 2.52 bits per heavy atom. The number of nitrogens with zero attached hydrogens (tertiary/aromatic N) is 4. The van der Waals surface area contributed by atoms with Crippen molar-refractivity contribution in [2.24, 2.45) is 0 Å². The summed E-state index contributed by atoms with van der Waals surface area (Å²) in [4.78, 5) is 12.6. The summed E-state index contributed by atoms with van der Waals surface area (Å²) < 4.78 is 26.3. The summed E-state index contributed by atoms with van der Waals surface area (Å²) in [5, 5.41) is 17.4. The van der Waals surface area contributed by atoms with Crippen LogP contribution in [0.25, 0.3) is 5.70 Å². The molecule has 2 heterocycles. The van der Waals surface area contributed by atoms with Crippen molar-refractivity contribution in [3.8, 4) is 0 Å². The highest BCUT2D eigenvalue weighted by Gasteiger charge is 2.34. The van der Waals surface area contributed by atoms with Crippen LogP contribution in [0.4, 0.5) is 14.5 Å². The molecule has 1 N–H and O–H groups in total. The first kappa shape index (κ1) is 19.3. The number of benzene rings is 1. The maximum atomic E-state index is 12.9. The van der Waals surface area contributed by atoms with Gasteiger partial charge in [-0.2, -0.15) is 13.9 Å².